The van der Waals surface area contributed by atoms with E-state index in [2.05, 4.69) is 10.6 Å². The third-order valence-corrected chi connectivity index (χ3v) is 4.09. The van der Waals surface area contributed by atoms with E-state index in [1.165, 1.54) is 0 Å². The smallest absolute Gasteiger partial charge is 0.227 e. The lowest BCUT2D eigenvalue weighted by Crippen LogP contribution is -2.41. The number of benzene rings is 1. The molecule has 1 aliphatic heterocycles. The molecule has 128 valence electrons. The quantitative estimate of drug-likeness (QED) is 0.818. The number of amides is 2. The molecule has 2 N–H and O–H groups in total. The van der Waals surface area contributed by atoms with Crippen LogP contribution in [0.4, 0.5) is 5.69 Å². The second-order valence-corrected chi connectivity index (χ2v) is 5.97. The van der Waals surface area contributed by atoms with Crippen LogP contribution in [0, 0.1) is 5.92 Å². The third kappa shape index (κ3) is 5.09. The van der Waals surface area contributed by atoms with Gasteiger partial charge in [-0.3, -0.25) is 9.59 Å². The summed E-state index contributed by atoms with van der Waals surface area (Å²) in [6.07, 6.45) is 0.229. The summed E-state index contributed by atoms with van der Waals surface area (Å²) in [5, 5.41) is 6.66. The Morgan fingerprint density at radius 3 is 2.78 bits per heavy atom. The number of likely N-dealkylation sites (N-methyl/N-ethyl adjacent to an activating group) is 1. The normalized spacial score (nSPS) is 18.5. The van der Waals surface area contributed by atoms with E-state index < -0.39 is 0 Å². The van der Waals surface area contributed by atoms with Gasteiger partial charge in [0.15, 0.2) is 0 Å². The SMILES string of the molecule is CCN[C@H](C)CNC(=O)C1CC(=O)N(c2ccccc2Cl)C1.Cl. The number of hydrogen-bond acceptors (Lipinski definition) is 3. The van der Waals surface area contributed by atoms with E-state index in [1.807, 2.05) is 26.0 Å². The molecule has 0 saturated carbocycles. The average molecular weight is 360 g/mol. The number of anilines is 1. The first-order valence-corrected chi connectivity index (χ1v) is 7.96. The van der Waals surface area contributed by atoms with E-state index in [0.717, 1.165) is 6.54 Å². The number of hydrogen-bond donors (Lipinski definition) is 2. The molecular weight excluding hydrogens is 337 g/mol. The van der Waals surface area contributed by atoms with Gasteiger partial charge in [0, 0.05) is 25.6 Å². The molecule has 23 heavy (non-hydrogen) atoms. The molecule has 0 aromatic heterocycles. The molecule has 1 heterocycles. The van der Waals surface area contributed by atoms with Crippen molar-refractivity contribution in [2.45, 2.75) is 26.3 Å². The van der Waals surface area contributed by atoms with E-state index >= 15 is 0 Å². The van der Waals surface area contributed by atoms with Crippen molar-refractivity contribution in [2.75, 3.05) is 24.5 Å². The van der Waals surface area contributed by atoms with E-state index in [9.17, 15) is 9.59 Å². The minimum atomic E-state index is -0.322. The van der Waals surface area contributed by atoms with Crippen LogP contribution in [0.2, 0.25) is 5.02 Å². The Bertz CT molecular complexity index is 554. The molecule has 0 radical (unpaired) electrons. The highest BCUT2D eigenvalue weighted by atomic mass is 35.5. The Kier molecular flexibility index (Phi) is 7.82. The fraction of sp³-hybridized carbons (Fsp3) is 0.500. The van der Waals surface area contributed by atoms with Gasteiger partial charge in [-0.25, -0.2) is 0 Å². The van der Waals surface area contributed by atoms with Gasteiger partial charge >= 0.3 is 0 Å². The van der Waals surface area contributed by atoms with Crippen molar-refractivity contribution in [3.05, 3.63) is 29.3 Å². The number of para-hydroxylation sites is 1. The molecule has 2 rings (SSSR count). The molecule has 2 amide bonds. The van der Waals surface area contributed by atoms with Crippen molar-refractivity contribution >= 4 is 41.5 Å². The summed E-state index contributed by atoms with van der Waals surface area (Å²) in [5.74, 6) is -0.460. The summed E-state index contributed by atoms with van der Waals surface area (Å²) in [7, 11) is 0. The summed E-state index contributed by atoms with van der Waals surface area (Å²) in [6, 6.07) is 7.41. The summed E-state index contributed by atoms with van der Waals surface area (Å²) >= 11 is 6.13. The van der Waals surface area contributed by atoms with Gasteiger partial charge in [-0.1, -0.05) is 30.7 Å². The molecule has 0 bridgehead atoms. The Morgan fingerprint density at radius 2 is 2.13 bits per heavy atom. The predicted octanol–water partition coefficient (Wildman–Crippen LogP) is 2.23. The molecule has 1 aromatic rings. The van der Waals surface area contributed by atoms with Crippen LogP contribution < -0.4 is 15.5 Å². The topological polar surface area (TPSA) is 61.4 Å². The van der Waals surface area contributed by atoms with Crippen molar-refractivity contribution in [3.63, 3.8) is 0 Å². The zero-order chi connectivity index (χ0) is 16.1. The van der Waals surface area contributed by atoms with Gasteiger partial charge in [-0.2, -0.15) is 0 Å². The van der Waals surface area contributed by atoms with Crippen LogP contribution in [0.3, 0.4) is 0 Å². The van der Waals surface area contributed by atoms with Crippen LogP contribution in [-0.2, 0) is 9.59 Å². The maximum atomic E-state index is 12.2. The number of nitrogens with one attached hydrogen (secondary N) is 2. The highest BCUT2D eigenvalue weighted by Crippen LogP contribution is 2.30. The van der Waals surface area contributed by atoms with Gasteiger partial charge in [-0.05, 0) is 25.6 Å². The van der Waals surface area contributed by atoms with Crippen LogP contribution in [0.5, 0.6) is 0 Å². The van der Waals surface area contributed by atoms with Crippen LogP contribution in [0.1, 0.15) is 20.3 Å². The van der Waals surface area contributed by atoms with Gasteiger partial charge in [0.2, 0.25) is 11.8 Å². The van der Waals surface area contributed by atoms with Crippen LogP contribution in [0.15, 0.2) is 24.3 Å². The first kappa shape index (κ1) is 19.7. The summed E-state index contributed by atoms with van der Waals surface area (Å²) < 4.78 is 0. The molecule has 1 unspecified atom stereocenters. The van der Waals surface area contributed by atoms with Gasteiger partial charge in [0.05, 0.1) is 16.6 Å². The molecule has 5 nitrogen and oxygen atoms in total. The Morgan fingerprint density at radius 1 is 1.43 bits per heavy atom. The average Bonchev–Trinajstić information content (AvgIpc) is 2.87. The number of halogens is 2. The fourth-order valence-corrected chi connectivity index (χ4v) is 2.84. The lowest BCUT2D eigenvalue weighted by molar-refractivity contribution is -0.126. The van der Waals surface area contributed by atoms with Gasteiger partial charge in [0.25, 0.3) is 0 Å². The largest absolute Gasteiger partial charge is 0.354 e. The molecular formula is C16H23Cl2N3O2. The highest BCUT2D eigenvalue weighted by Gasteiger charge is 2.35. The molecule has 1 aliphatic rings. The number of rotatable bonds is 6. The zero-order valence-electron chi connectivity index (χ0n) is 13.3. The van der Waals surface area contributed by atoms with E-state index in [1.54, 1.807) is 17.0 Å². The zero-order valence-corrected chi connectivity index (χ0v) is 14.9. The maximum absolute atomic E-state index is 12.2. The van der Waals surface area contributed by atoms with E-state index in [-0.39, 0.29) is 42.6 Å². The standard InChI is InChI=1S/C16H22ClN3O2.ClH/c1-3-18-11(2)9-19-16(22)12-8-15(21)20(10-12)14-7-5-4-6-13(14)17;/h4-7,11-12,18H,3,8-10H2,1-2H3,(H,19,22);1H/t11-,12?;/m1./s1. The maximum Gasteiger partial charge on any atom is 0.227 e. The second-order valence-electron chi connectivity index (χ2n) is 5.56. The monoisotopic (exact) mass is 359 g/mol. The Labute approximate surface area is 148 Å². The molecule has 0 spiro atoms. The Balaban J connectivity index is 0.00000264. The van der Waals surface area contributed by atoms with Gasteiger partial charge in [0.1, 0.15) is 0 Å². The van der Waals surface area contributed by atoms with Gasteiger partial charge < -0.3 is 15.5 Å². The number of nitrogens with zero attached hydrogens (tertiary/aromatic N) is 1. The number of carbonyl (C=O) groups excluding carboxylic acids is 2. The minimum absolute atomic E-state index is 0. The van der Waals surface area contributed by atoms with Crippen molar-refractivity contribution in [1.82, 2.24) is 10.6 Å². The van der Waals surface area contributed by atoms with Crippen molar-refractivity contribution in [1.29, 1.82) is 0 Å². The van der Waals surface area contributed by atoms with Gasteiger partial charge in [-0.15, -0.1) is 12.4 Å². The summed E-state index contributed by atoms with van der Waals surface area (Å²) in [4.78, 5) is 26.0. The highest BCUT2D eigenvalue weighted by molar-refractivity contribution is 6.33. The Hall–Kier alpha value is -1.30. The first-order chi connectivity index (χ1) is 10.5. The van der Waals surface area contributed by atoms with E-state index in [0.29, 0.717) is 23.8 Å². The number of carbonyl (C=O) groups is 2. The van der Waals surface area contributed by atoms with Crippen LogP contribution >= 0.6 is 24.0 Å². The van der Waals surface area contributed by atoms with Crippen molar-refractivity contribution < 1.29 is 9.59 Å². The molecule has 2 atom stereocenters. The molecule has 1 saturated heterocycles. The molecule has 0 aliphatic carbocycles. The lowest BCUT2D eigenvalue weighted by Gasteiger charge is -2.18. The summed E-state index contributed by atoms with van der Waals surface area (Å²) in [6.45, 7) is 5.84. The van der Waals surface area contributed by atoms with Crippen LogP contribution in [0.25, 0.3) is 0 Å². The third-order valence-electron chi connectivity index (χ3n) is 3.77. The molecule has 7 heteroatoms. The first-order valence-electron chi connectivity index (χ1n) is 7.59. The van der Waals surface area contributed by atoms with Crippen molar-refractivity contribution in [2.24, 2.45) is 5.92 Å². The lowest BCUT2D eigenvalue weighted by atomic mass is 10.1. The van der Waals surface area contributed by atoms with Crippen molar-refractivity contribution in [3.8, 4) is 0 Å². The molecule has 1 fully saturated rings. The molecule has 1 aromatic carbocycles. The van der Waals surface area contributed by atoms with E-state index in [4.69, 9.17) is 11.6 Å². The summed E-state index contributed by atoms with van der Waals surface area (Å²) in [5.41, 5.74) is 0.672. The minimum Gasteiger partial charge on any atom is -0.354 e. The second kappa shape index (κ2) is 9.11. The fourth-order valence-electron chi connectivity index (χ4n) is 2.61. The van der Waals surface area contributed by atoms with Crippen LogP contribution in [-0.4, -0.2) is 37.5 Å². The predicted molar refractivity (Wildman–Crippen MR) is 95.3 cm³/mol.